The molecule has 2 saturated heterocycles. The largest absolute Gasteiger partial charge is 0.354 e. The van der Waals surface area contributed by atoms with Crippen molar-refractivity contribution in [2.75, 3.05) is 37.7 Å². The summed E-state index contributed by atoms with van der Waals surface area (Å²) < 4.78 is 0. The van der Waals surface area contributed by atoms with Gasteiger partial charge in [0.15, 0.2) is 0 Å². The summed E-state index contributed by atoms with van der Waals surface area (Å²) in [4.78, 5) is 45.7. The van der Waals surface area contributed by atoms with E-state index in [4.69, 9.17) is 0 Å². The summed E-state index contributed by atoms with van der Waals surface area (Å²) in [6, 6.07) is 17.6. The van der Waals surface area contributed by atoms with Gasteiger partial charge in [0.2, 0.25) is 5.91 Å². The maximum Gasteiger partial charge on any atom is 0.254 e. The van der Waals surface area contributed by atoms with E-state index in [9.17, 15) is 14.4 Å². The first kappa shape index (κ1) is 25.3. The average molecular weight is 503 g/mol. The van der Waals surface area contributed by atoms with Crippen LogP contribution in [0, 0.1) is 12.8 Å². The van der Waals surface area contributed by atoms with Gasteiger partial charge in [0, 0.05) is 30.9 Å². The van der Waals surface area contributed by atoms with E-state index in [0.717, 1.165) is 11.3 Å². The van der Waals surface area contributed by atoms with Crippen LogP contribution in [-0.2, 0) is 9.59 Å². The highest BCUT2D eigenvalue weighted by Gasteiger charge is 2.54. The predicted octanol–water partition coefficient (Wildman–Crippen LogP) is 3.97. The number of nitrogens with zero attached hydrogens (tertiary/aromatic N) is 3. The molecule has 3 fully saturated rings. The first-order chi connectivity index (χ1) is 18.0. The molecule has 0 aromatic heterocycles. The number of piperidine rings is 1. The molecule has 2 heterocycles. The minimum absolute atomic E-state index is 0.00726. The molecule has 5 rings (SSSR count). The summed E-state index contributed by atoms with van der Waals surface area (Å²) in [5.41, 5.74) is 1.90. The second kappa shape index (κ2) is 11.0. The second-order valence-corrected chi connectivity index (χ2v) is 10.9. The number of rotatable bonds is 6. The molecule has 0 radical (unpaired) electrons. The Kier molecular flexibility index (Phi) is 7.49. The third-order valence-electron chi connectivity index (χ3n) is 8.48. The Labute approximate surface area is 219 Å². The predicted molar refractivity (Wildman–Crippen MR) is 144 cm³/mol. The molecule has 3 aliphatic rings. The number of hydrogen-bond donors (Lipinski definition) is 1. The molecule has 7 nitrogen and oxygen atoms in total. The van der Waals surface area contributed by atoms with Crippen LogP contribution in [0.25, 0.3) is 0 Å². The van der Waals surface area contributed by atoms with E-state index in [1.54, 1.807) is 4.90 Å². The molecule has 0 atom stereocenters. The van der Waals surface area contributed by atoms with Crippen LogP contribution in [-0.4, -0.2) is 65.9 Å². The van der Waals surface area contributed by atoms with Crippen LogP contribution >= 0.6 is 0 Å². The van der Waals surface area contributed by atoms with Crippen molar-refractivity contribution < 1.29 is 14.4 Å². The molecule has 0 bridgehead atoms. The quantitative estimate of drug-likeness (QED) is 0.649. The van der Waals surface area contributed by atoms with E-state index in [1.807, 2.05) is 66.4 Å². The van der Waals surface area contributed by atoms with Crippen molar-refractivity contribution in [3.05, 3.63) is 65.7 Å². The van der Waals surface area contributed by atoms with Gasteiger partial charge in [0.1, 0.15) is 12.1 Å². The number of para-hydroxylation sites is 1. The molecule has 1 saturated carbocycles. The molecule has 2 aliphatic heterocycles. The molecule has 1 N–H and O–H groups in total. The highest BCUT2D eigenvalue weighted by atomic mass is 16.2. The molecule has 0 unspecified atom stereocenters. The maximum atomic E-state index is 13.9. The zero-order chi connectivity index (χ0) is 25.8. The van der Waals surface area contributed by atoms with Gasteiger partial charge in [-0.1, -0.05) is 55.7 Å². The normalized spacial score (nSPS) is 19.9. The van der Waals surface area contributed by atoms with Gasteiger partial charge in [-0.15, -0.1) is 0 Å². The molecule has 2 aromatic rings. The van der Waals surface area contributed by atoms with Crippen molar-refractivity contribution >= 4 is 23.4 Å². The second-order valence-electron chi connectivity index (χ2n) is 10.9. The number of hydrogen-bond acceptors (Lipinski definition) is 4. The van der Waals surface area contributed by atoms with E-state index in [2.05, 4.69) is 10.2 Å². The molecule has 3 amide bonds. The first-order valence-electron chi connectivity index (χ1n) is 13.7. The summed E-state index contributed by atoms with van der Waals surface area (Å²) in [5.74, 6) is 0.473. The topological polar surface area (TPSA) is 73.0 Å². The number of carbonyl (C=O) groups is 3. The fourth-order valence-corrected chi connectivity index (χ4v) is 6.26. The standard InChI is InChI=1S/C30H38N4O3/c1-23-10-8-9-15-26(23)28(36)32-18-16-30(17-19-32)29(37)33(22-34(30)25-13-6-3-7-14-25)21-27(35)31-20-24-11-4-2-5-12-24/h3,6-10,13-15,24H,2,4-5,11-12,16-22H2,1H3,(H,31,35). The fourth-order valence-electron chi connectivity index (χ4n) is 6.26. The zero-order valence-corrected chi connectivity index (χ0v) is 21.8. The summed E-state index contributed by atoms with van der Waals surface area (Å²) in [5, 5.41) is 3.09. The van der Waals surface area contributed by atoms with Crippen LogP contribution in [0.15, 0.2) is 54.6 Å². The average Bonchev–Trinajstić information content (AvgIpc) is 3.19. The van der Waals surface area contributed by atoms with Gasteiger partial charge in [0.25, 0.3) is 11.8 Å². The number of likely N-dealkylation sites (tertiary alicyclic amines) is 1. The van der Waals surface area contributed by atoms with Gasteiger partial charge in [-0.3, -0.25) is 14.4 Å². The van der Waals surface area contributed by atoms with E-state index in [1.165, 1.54) is 32.1 Å². The third-order valence-corrected chi connectivity index (χ3v) is 8.48. The van der Waals surface area contributed by atoms with E-state index in [0.29, 0.717) is 50.6 Å². The molecular weight excluding hydrogens is 464 g/mol. The van der Waals surface area contributed by atoms with Gasteiger partial charge in [0.05, 0.1) is 6.67 Å². The van der Waals surface area contributed by atoms with Gasteiger partial charge < -0.3 is 20.0 Å². The van der Waals surface area contributed by atoms with Crippen LogP contribution in [0.4, 0.5) is 5.69 Å². The van der Waals surface area contributed by atoms with Crippen molar-refractivity contribution in [3.63, 3.8) is 0 Å². The Hall–Kier alpha value is -3.35. The first-order valence-corrected chi connectivity index (χ1v) is 13.7. The smallest absolute Gasteiger partial charge is 0.254 e. The highest BCUT2D eigenvalue weighted by Crippen LogP contribution is 2.39. The Morgan fingerprint density at radius 3 is 2.32 bits per heavy atom. The van der Waals surface area contributed by atoms with Crippen molar-refractivity contribution in [1.82, 2.24) is 15.1 Å². The van der Waals surface area contributed by atoms with Crippen LogP contribution < -0.4 is 10.2 Å². The minimum atomic E-state index is -0.743. The summed E-state index contributed by atoms with van der Waals surface area (Å²) in [6.45, 7) is 4.11. The van der Waals surface area contributed by atoms with Gasteiger partial charge >= 0.3 is 0 Å². The summed E-state index contributed by atoms with van der Waals surface area (Å²) in [6.07, 6.45) is 7.19. The lowest BCUT2D eigenvalue weighted by molar-refractivity contribution is -0.137. The van der Waals surface area contributed by atoms with E-state index >= 15 is 0 Å². The Morgan fingerprint density at radius 1 is 0.946 bits per heavy atom. The van der Waals surface area contributed by atoms with Crippen molar-refractivity contribution in [2.24, 2.45) is 5.92 Å². The molecule has 2 aromatic carbocycles. The highest BCUT2D eigenvalue weighted by molar-refractivity contribution is 5.98. The molecule has 1 spiro atoms. The van der Waals surface area contributed by atoms with Gasteiger partial charge in [-0.05, 0) is 62.3 Å². The van der Waals surface area contributed by atoms with Crippen molar-refractivity contribution in [3.8, 4) is 0 Å². The van der Waals surface area contributed by atoms with Crippen molar-refractivity contribution in [2.45, 2.75) is 57.4 Å². The lowest BCUT2D eigenvalue weighted by atomic mass is 9.85. The Balaban J connectivity index is 1.29. The number of benzene rings is 2. The number of carbonyl (C=O) groups excluding carboxylic acids is 3. The molecule has 37 heavy (non-hydrogen) atoms. The van der Waals surface area contributed by atoms with E-state index in [-0.39, 0.29) is 24.3 Å². The molecule has 7 heteroatoms. The Bertz CT molecular complexity index is 1120. The zero-order valence-electron chi connectivity index (χ0n) is 21.8. The summed E-state index contributed by atoms with van der Waals surface area (Å²) >= 11 is 0. The maximum absolute atomic E-state index is 13.9. The van der Waals surface area contributed by atoms with Crippen LogP contribution in [0.5, 0.6) is 0 Å². The fraction of sp³-hybridized carbons (Fsp3) is 0.500. The number of aryl methyl sites for hydroxylation is 1. The molecule has 196 valence electrons. The minimum Gasteiger partial charge on any atom is -0.354 e. The Morgan fingerprint density at radius 2 is 1.62 bits per heavy atom. The third kappa shape index (κ3) is 5.22. The lowest BCUT2D eigenvalue weighted by Gasteiger charge is -2.43. The molecule has 1 aliphatic carbocycles. The monoisotopic (exact) mass is 502 g/mol. The lowest BCUT2D eigenvalue weighted by Crippen LogP contribution is -2.57. The van der Waals surface area contributed by atoms with Crippen LogP contribution in [0.1, 0.15) is 60.9 Å². The van der Waals surface area contributed by atoms with Crippen molar-refractivity contribution in [1.29, 1.82) is 0 Å². The van der Waals surface area contributed by atoms with Gasteiger partial charge in [-0.2, -0.15) is 0 Å². The number of nitrogens with one attached hydrogen (secondary N) is 1. The number of anilines is 1. The summed E-state index contributed by atoms with van der Waals surface area (Å²) in [7, 11) is 0. The van der Waals surface area contributed by atoms with Crippen LogP contribution in [0.3, 0.4) is 0 Å². The van der Waals surface area contributed by atoms with E-state index < -0.39 is 5.54 Å². The van der Waals surface area contributed by atoms with Gasteiger partial charge in [-0.25, -0.2) is 0 Å². The van der Waals surface area contributed by atoms with Crippen LogP contribution in [0.2, 0.25) is 0 Å². The number of amides is 3. The SMILES string of the molecule is Cc1ccccc1C(=O)N1CCC2(CC1)C(=O)N(CC(=O)NCC1CCCCC1)CN2c1ccccc1. The molecular formula is C30H38N4O3.